The first-order valence-corrected chi connectivity index (χ1v) is 11.0. The molecule has 3 aliphatic carbocycles. The van der Waals surface area contributed by atoms with E-state index in [4.69, 9.17) is 5.73 Å². The van der Waals surface area contributed by atoms with Crippen molar-refractivity contribution in [2.75, 3.05) is 6.61 Å². The first-order chi connectivity index (χ1) is 11.6. The highest BCUT2D eigenvalue weighted by atomic mass is 16.3. The molecule has 0 aromatic heterocycles. The fourth-order valence-corrected chi connectivity index (χ4v) is 6.67. The molecule has 5 unspecified atom stereocenters. The lowest BCUT2D eigenvalue weighted by atomic mass is 9.50. The summed E-state index contributed by atoms with van der Waals surface area (Å²) in [5, 5.41) is 9.58. The monoisotopic (exact) mass is 335 g/mol. The van der Waals surface area contributed by atoms with Crippen LogP contribution >= 0.6 is 0 Å². The van der Waals surface area contributed by atoms with E-state index in [0.717, 1.165) is 23.7 Å². The Morgan fingerprint density at radius 2 is 1.83 bits per heavy atom. The zero-order valence-electron chi connectivity index (χ0n) is 16.2. The molecule has 0 amide bonds. The molecule has 0 aliphatic heterocycles. The van der Waals surface area contributed by atoms with Crippen molar-refractivity contribution < 1.29 is 5.11 Å². The zero-order chi connectivity index (χ0) is 17.2. The molecule has 3 fully saturated rings. The van der Waals surface area contributed by atoms with E-state index >= 15 is 0 Å². The minimum Gasteiger partial charge on any atom is -0.396 e. The fourth-order valence-electron chi connectivity index (χ4n) is 6.67. The Bertz CT molecular complexity index is 387. The van der Waals surface area contributed by atoms with E-state index in [9.17, 15) is 5.11 Å². The maximum atomic E-state index is 9.58. The Hall–Kier alpha value is -0.0800. The maximum Gasteiger partial charge on any atom is 0.0459 e. The van der Waals surface area contributed by atoms with Crippen LogP contribution in [0.1, 0.15) is 90.9 Å². The topological polar surface area (TPSA) is 46.2 Å². The molecule has 3 saturated carbocycles. The molecule has 0 saturated heterocycles. The van der Waals surface area contributed by atoms with Gasteiger partial charge in [-0.3, -0.25) is 0 Å². The van der Waals surface area contributed by atoms with E-state index in [1.165, 1.54) is 77.0 Å². The standard InChI is InChI=1S/C22H41NO/c1-3-5-17(15-24)12-16-6-7-20(13-16)19-8-10-22(11-9-19)14-18(4-2)21(22)23/h16-21,24H,3-15,23H2,1-2H3. The number of aliphatic hydroxyl groups is 1. The van der Waals surface area contributed by atoms with Crippen LogP contribution in [0.5, 0.6) is 0 Å². The quantitative estimate of drug-likeness (QED) is 0.677. The van der Waals surface area contributed by atoms with Crippen molar-refractivity contribution in [3.8, 4) is 0 Å². The fraction of sp³-hybridized carbons (Fsp3) is 1.00. The summed E-state index contributed by atoms with van der Waals surface area (Å²) in [4.78, 5) is 0. The zero-order valence-corrected chi connectivity index (χ0v) is 16.2. The van der Waals surface area contributed by atoms with Crippen LogP contribution in [0.3, 0.4) is 0 Å². The third kappa shape index (κ3) is 3.70. The van der Waals surface area contributed by atoms with E-state index in [-0.39, 0.29) is 0 Å². The summed E-state index contributed by atoms with van der Waals surface area (Å²) in [6, 6.07) is 0.499. The van der Waals surface area contributed by atoms with Gasteiger partial charge in [-0.25, -0.2) is 0 Å². The van der Waals surface area contributed by atoms with Gasteiger partial charge in [-0.05, 0) is 92.8 Å². The minimum atomic E-state index is 0.400. The predicted molar refractivity (Wildman–Crippen MR) is 102 cm³/mol. The molecule has 3 aliphatic rings. The molecule has 1 spiro atoms. The van der Waals surface area contributed by atoms with Crippen molar-refractivity contribution in [3.63, 3.8) is 0 Å². The van der Waals surface area contributed by atoms with E-state index in [2.05, 4.69) is 13.8 Å². The lowest BCUT2D eigenvalue weighted by Gasteiger charge is -2.57. The summed E-state index contributed by atoms with van der Waals surface area (Å²) in [6.07, 6.45) is 16.4. The lowest BCUT2D eigenvalue weighted by molar-refractivity contribution is -0.0370. The Balaban J connectivity index is 1.43. The number of aliphatic hydroxyl groups excluding tert-OH is 1. The molecular weight excluding hydrogens is 294 g/mol. The predicted octanol–water partition coefficient (Wildman–Crippen LogP) is 5.14. The number of hydrogen-bond donors (Lipinski definition) is 2. The molecule has 0 radical (unpaired) electrons. The SMILES string of the molecule is CCCC(CO)CC1CCC(C2CCC3(CC2)CC(CC)C3N)C1. The average molecular weight is 336 g/mol. The van der Waals surface area contributed by atoms with Crippen LogP contribution in [0, 0.1) is 35.0 Å². The minimum absolute atomic E-state index is 0.400. The summed E-state index contributed by atoms with van der Waals surface area (Å²) in [5.41, 5.74) is 7.08. The van der Waals surface area contributed by atoms with Gasteiger partial charge in [0.05, 0.1) is 0 Å². The van der Waals surface area contributed by atoms with E-state index in [1.54, 1.807) is 0 Å². The second-order valence-corrected chi connectivity index (χ2v) is 9.61. The van der Waals surface area contributed by atoms with Gasteiger partial charge in [0, 0.05) is 12.6 Å². The lowest BCUT2D eigenvalue weighted by Crippen LogP contribution is -2.59. The molecule has 2 nitrogen and oxygen atoms in total. The number of rotatable bonds is 7. The van der Waals surface area contributed by atoms with Gasteiger partial charge in [-0.2, -0.15) is 0 Å². The van der Waals surface area contributed by atoms with Crippen LogP contribution in [-0.2, 0) is 0 Å². The van der Waals surface area contributed by atoms with Gasteiger partial charge in [0.2, 0.25) is 0 Å². The van der Waals surface area contributed by atoms with Crippen LogP contribution < -0.4 is 5.73 Å². The van der Waals surface area contributed by atoms with Crippen LogP contribution in [0.25, 0.3) is 0 Å². The molecule has 0 aromatic carbocycles. The van der Waals surface area contributed by atoms with Gasteiger partial charge in [0.15, 0.2) is 0 Å². The van der Waals surface area contributed by atoms with Gasteiger partial charge < -0.3 is 10.8 Å². The van der Waals surface area contributed by atoms with Gasteiger partial charge in [0.1, 0.15) is 0 Å². The molecular formula is C22H41NO. The van der Waals surface area contributed by atoms with Gasteiger partial charge >= 0.3 is 0 Å². The molecule has 0 aromatic rings. The highest BCUT2D eigenvalue weighted by molar-refractivity contribution is 5.06. The summed E-state index contributed by atoms with van der Waals surface area (Å²) >= 11 is 0. The van der Waals surface area contributed by atoms with Crippen molar-refractivity contribution in [3.05, 3.63) is 0 Å². The van der Waals surface area contributed by atoms with Crippen molar-refractivity contribution in [1.29, 1.82) is 0 Å². The first-order valence-electron chi connectivity index (χ1n) is 11.0. The molecule has 0 heterocycles. The van der Waals surface area contributed by atoms with Crippen LogP contribution in [0.15, 0.2) is 0 Å². The highest BCUT2D eigenvalue weighted by Crippen LogP contribution is 2.57. The van der Waals surface area contributed by atoms with Crippen molar-refractivity contribution in [2.45, 2.75) is 96.9 Å². The van der Waals surface area contributed by atoms with Gasteiger partial charge in [-0.1, -0.05) is 33.1 Å². The van der Waals surface area contributed by atoms with E-state index < -0.39 is 0 Å². The van der Waals surface area contributed by atoms with Crippen LogP contribution in [0.4, 0.5) is 0 Å². The van der Waals surface area contributed by atoms with Crippen LogP contribution in [0.2, 0.25) is 0 Å². The molecule has 24 heavy (non-hydrogen) atoms. The van der Waals surface area contributed by atoms with Gasteiger partial charge in [0.25, 0.3) is 0 Å². The van der Waals surface area contributed by atoms with Crippen molar-refractivity contribution in [2.24, 2.45) is 40.7 Å². The number of nitrogens with two attached hydrogens (primary N) is 1. The summed E-state index contributed by atoms with van der Waals surface area (Å²) in [7, 11) is 0. The van der Waals surface area contributed by atoms with E-state index in [1.807, 2.05) is 0 Å². The first kappa shape index (κ1) is 18.7. The third-order valence-electron chi connectivity index (χ3n) is 8.30. The Kier molecular flexibility index (Phi) is 6.30. The van der Waals surface area contributed by atoms with Crippen molar-refractivity contribution >= 4 is 0 Å². The molecule has 3 rings (SSSR count). The van der Waals surface area contributed by atoms with Crippen LogP contribution in [-0.4, -0.2) is 17.8 Å². The Labute approximate surface area is 150 Å². The summed E-state index contributed by atoms with van der Waals surface area (Å²) in [5.74, 6) is 4.22. The molecule has 3 N–H and O–H groups in total. The van der Waals surface area contributed by atoms with Crippen molar-refractivity contribution in [1.82, 2.24) is 0 Å². The number of hydrogen-bond acceptors (Lipinski definition) is 2. The van der Waals surface area contributed by atoms with E-state index in [0.29, 0.717) is 24.0 Å². The average Bonchev–Trinajstić information content (AvgIpc) is 3.07. The smallest absolute Gasteiger partial charge is 0.0459 e. The Morgan fingerprint density at radius 3 is 2.42 bits per heavy atom. The summed E-state index contributed by atoms with van der Waals surface area (Å²) in [6.45, 7) is 4.95. The second-order valence-electron chi connectivity index (χ2n) is 9.61. The Morgan fingerprint density at radius 1 is 1.08 bits per heavy atom. The normalized spacial score (nSPS) is 43.8. The highest BCUT2D eigenvalue weighted by Gasteiger charge is 2.52. The van der Waals surface area contributed by atoms with Gasteiger partial charge in [-0.15, -0.1) is 0 Å². The maximum absolute atomic E-state index is 9.58. The molecule has 140 valence electrons. The summed E-state index contributed by atoms with van der Waals surface area (Å²) < 4.78 is 0. The second kappa shape index (κ2) is 8.08. The molecule has 5 atom stereocenters. The largest absolute Gasteiger partial charge is 0.396 e. The molecule has 0 bridgehead atoms. The third-order valence-corrected chi connectivity index (χ3v) is 8.30. The molecule has 2 heteroatoms.